The molecule has 8 nitrogen and oxygen atoms in total. The van der Waals surface area contributed by atoms with Crippen LogP contribution in [0.5, 0.6) is 0 Å². The Hall–Kier alpha value is -2.45. The Balaban J connectivity index is 1.73. The topological polar surface area (TPSA) is 89.5 Å². The van der Waals surface area contributed by atoms with Gasteiger partial charge < -0.3 is 15.2 Å². The summed E-state index contributed by atoms with van der Waals surface area (Å²) in [7, 11) is 1.69. The van der Waals surface area contributed by atoms with Gasteiger partial charge in [0, 0.05) is 48.6 Å². The Morgan fingerprint density at radius 3 is 2.68 bits per heavy atom. The number of ether oxygens (including phenoxy) is 1. The second kappa shape index (κ2) is 9.36. The standard InChI is InChI=1S/C23H34N6O2/c1-15(2)12-28-13-18(10-25-28)20-9-21(17-5-7-19(30)8-6-17)29-22(20)11-24-23(27-29)26-16(3)14-31-4/h9-11,13,15-17,19,30H,5-8,12,14H2,1-4H3,(H,26,27)/t16-,17?,19?/m0/s1. The van der Waals surface area contributed by atoms with Crippen molar-refractivity contribution in [3.05, 3.63) is 30.4 Å². The summed E-state index contributed by atoms with van der Waals surface area (Å²) >= 11 is 0. The highest BCUT2D eigenvalue weighted by atomic mass is 16.5. The van der Waals surface area contributed by atoms with Crippen LogP contribution in [0.15, 0.2) is 24.7 Å². The predicted octanol–water partition coefficient (Wildman–Crippen LogP) is 3.71. The molecule has 8 heteroatoms. The second-order valence-electron chi connectivity index (χ2n) is 9.21. The molecule has 1 fully saturated rings. The molecule has 0 bridgehead atoms. The molecule has 0 unspecified atom stereocenters. The average Bonchev–Trinajstić information content (AvgIpc) is 3.32. The molecule has 0 aliphatic heterocycles. The molecule has 0 amide bonds. The molecule has 0 radical (unpaired) electrons. The molecule has 168 valence electrons. The first-order chi connectivity index (χ1) is 14.9. The van der Waals surface area contributed by atoms with Crippen LogP contribution in [0, 0.1) is 5.92 Å². The van der Waals surface area contributed by atoms with E-state index in [1.807, 2.05) is 28.5 Å². The number of hydrogen-bond acceptors (Lipinski definition) is 6. The fourth-order valence-electron chi connectivity index (χ4n) is 4.46. The van der Waals surface area contributed by atoms with Crippen molar-refractivity contribution < 1.29 is 9.84 Å². The summed E-state index contributed by atoms with van der Waals surface area (Å²) in [4.78, 5) is 4.58. The van der Waals surface area contributed by atoms with E-state index in [1.54, 1.807) is 7.11 Å². The van der Waals surface area contributed by atoms with Crippen LogP contribution in [0.25, 0.3) is 16.6 Å². The van der Waals surface area contributed by atoms with Gasteiger partial charge in [-0.2, -0.15) is 5.10 Å². The van der Waals surface area contributed by atoms with E-state index in [9.17, 15) is 5.11 Å². The molecular weight excluding hydrogens is 392 g/mol. The normalized spacial score (nSPS) is 20.5. The van der Waals surface area contributed by atoms with Crippen LogP contribution in [0.3, 0.4) is 0 Å². The number of nitrogens with one attached hydrogen (secondary N) is 1. The molecule has 3 aromatic rings. The fraction of sp³-hybridized carbons (Fsp3) is 0.609. The highest BCUT2D eigenvalue weighted by molar-refractivity contribution is 5.81. The lowest BCUT2D eigenvalue weighted by Crippen LogP contribution is -2.23. The molecule has 3 aromatic heterocycles. The van der Waals surface area contributed by atoms with Gasteiger partial charge in [-0.05, 0) is 44.6 Å². The number of hydrogen-bond donors (Lipinski definition) is 2. The van der Waals surface area contributed by atoms with E-state index >= 15 is 0 Å². The Morgan fingerprint density at radius 1 is 1.19 bits per heavy atom. The highest BCUT2D eigenvalue weighted by Gasteiger charge is 2.26. The number of fused-ring (bicyclic) bond motifs is 1. The largest absolute Gasteiger partial charge is 0.393 e. The molecule has 3 heterocycles. The molecule has 1 aliphatic carbocycles. The van der Waals surface area contributed by atoms with Crippen molar-refractivity contribution in [1.29, 1.82) is 0 Å². The van der Waals surface area contributed by atoms with Gasteiger partial charge in [0.15, 0.2) is 0 Å². The van der Waals surface area contributed by atoms with Gasteiger partial charge in [-0.15, -0.1) is 5.10 Å². The third-order valence-corrected chi connectivity index (χ3v) is 5.95. The van der Waals surface area contributed by atoms with E-state index in [-0.39, 0.29) is 12.1 Å². The minimum absolute atomic E-state index is 0.111. The average molecular weight is 427 g/mol. The van der Waals surface area contributed by atoms with E-state index in [2.05, 4.69) is 41.5 Å². The Kier molecular flexibility index (Phi) is 6.57. The van der Waals surface area contributed by atoms with Gasteiger partial charge in [-0.25, -0.2) is 9.50 Å². The zero-order valence-electron chi connectivity index (χ0n) is 19.0. The van der Waals surface area contributed by atoms with Gasteiger partial charge in [0.25, 0.3) is 0 Å². The Bertz CT molecular complexity index is 1000. The van der Waals surface area contributed by atoms with Crippen molar-refractivity contribution >= 4 is 11.5 Å². The number of aromatic nitrogens is 5. The lowest BCUT2D eigenvalue weighted by molar-refractivity contribution is 0.121. The van der Waals surface area contributed by atoms with Crippen LogP contribution >= 0.6 is 0 Å². The van der Waals surface area contributed by atoms with Gasteiger partial charge in [-0.3, -0.25) is 4.68 Å². The SMILES string of the molecule is COC[C@H](C)Nc1ncc2c(-c3cnn(CC(C)C)c3)cc(C3CCC(O)CC3)n2n1. The monoisotopic (exact) mass is 426 g/mol. The van der Waals surface area contributed by atoms with Crippen LogP contribution in [-0.4, -0.2) is 55.3 Å². The van der Waals surface area contributed by atoms with E-state index in [0.717, 1.165) is 48.9 Å². The summed E-state index contributed by atoms with van der Waals surface area (Å²) in [5.41, 5.74) is 4.35. The number of anilines is 1. The van der Waals surface area contributed by atoms with E-state index in [4.69, 9.17) is 9.84 Å². The van der Waals surface area contributed by atoms with E-state index in [0.29, 0.717) is 24.4 Å². The number of rotatable bonds is 8. The maximum absolute atomic E-state index is 9.97. The van der Waals surface area contributed by atoms with Crippen molar-refractivity contribution in [3.63, 3.8) is 0 Å². The first-order valence-electron chi connectivity index (χ1n) is 11.3. The minimum atomic E-state index is -0.182. The van der Waals surface area contributed by atoms with Crippen molar-refractivity contribution in [1.82, 2.24) is 24.4 Å². The first kappa shape index (κ1) is 21.8. The van der Waals surface area contributed by atoms with Crippen molar-refractivity contribution in [2.45, 2.75) is 71.1 Å². The zero-order chi connectivity index (χ0) is 22.0. The summed E-state index contributed by atoms with van der Waals surface area (Å²) in [5.74, 6) is 1.50. The third kappa shape index (κ3) is 4.91. The molecular formula is C23H34N6O2. The Morgan fingerprint density at radius 2 is 1.97 bits per heavy atom. The summed E-state index contributed by atoms with van der Waals surface area (Å²) < 4.78 is 9.26. The summed E-state index contributed by atoms with van der Waals surface area (Å²) in [6, 6.07) is 2.35. The van der Waals surface area contributed by atoms with Gasteiger partial charge in [0.2, 0.25) is 5.95 Å². The quantitative estimate of drug-likeness (QED) is 0.571. The van der Waals surface area contributed by atoms with Gasteiger partial charge >= 0.3 is 0 Å². The maximum atomic E-state index is 9.97. The van der Waals surface area contributed by atoms with Crippen molar-refractivity contribution in [2.75, 3.05) is 19.0 Å². The number of aliphatic hydroxyl groups excluding tert-OH is 1. The van der Waals surface area contributed by atoms with Gasteiger partial charge in [0.05, 0.1) is 30.6 Å². The van der Waals surface area contributed by atoms with Crippen molar-refractivity contribution in [3.8, 4) is 11.1 Å². The minimum Gasteiger partial charge on any atom is -0.393 e. The first-order valence-corrected chi connectivity index (χ1v) is 11.3. The maximum Gasteiger partial charge on any atom is 0.241 e. The Labute approximate surface area is 183 Å². The fourth-order valence-corrected chi connectivity index (χ4v) is 4.46. The lowest BCUT2D eigenvalue weighted by Gasteiger charge is -2.25. The smallest absolute Gasteiger partial charge is 0.241 e. The lowest BCUT2D eigenvalue weighted by atomic mass is 9.85. The van der Waals surface area contributed by atoms with Crippen LogP contribution < -0.4 is 5.32 Å². The van der Waals surface area contributed by atoms with Crippen LogP contribution in [0.4, 0.5) is 5.95 Å². The predicted molar refractivity (Wildman–Crippen MR) is 121 cm³/mol. The summed E-state index contributed by atoms with van der Waals surface area (Å²) in [6.45, 7) is 7.90. The van der Waals surface area contributed by atoms with Crippen LogP contribution in [0.1, 0.15) is 58.1 Å². The molecule has 0 spiro atoms. The second-order valence-corrected chi connectivity index (χ2v) is 9.21. The molecule has 1 atom stereocenters. The third-order valence-electron chi connectivity index (χ3n) is 5.95. The zero-order valence-corrected chi connectivity index (χ0v) is 19.0. The molecule has 4 rings (SSSR count). The van der Waals surface area contributed by atoms with Gasteiger partial charge in [0.1, 0.15) is 0 Å². The molecule has 0 aromatic carbocycles. The van der Waals surface area contributed by atoms with Crippen LogP contribution in [0.2, 0.25) is 0 Å². The van der Waals surface area contributed by atoms with Crippen LogP contribution in [-0.2, 0) is 11.3 Å². The molecule has 31 heavy (non-hydrogen) atoms. The van der Waals surface area contributed by atoms with E-state index in [1.165, 1.54) is 5.69 Å². The summed E-state index contributed by atoms with van der Waals surface area (Å²) in [6.07, 6.45) is 9.35. The number of nitrogens with zero attached hydrogens (tertiary/aromatic N) is 5. The van der Waals surface area contributed by atoms with Crippen molar-refractivity contribution in [2.24, 2.45) is 5.92 Å². The summed E-state index contributed by atoms with van der Waals surface area (Å²) in [5, 5.41) is 22.7. The van der Waals surface area contributed by atoms with E-state index < -0.39 is 0 Å². The highest BCUT2D eigenvalue weighted by Crippen LogP contribution is 2.37. The molecule has 1 saturated carbocycles. The number of aliphatic hydroxyl groups is 1. The number of methoxy groups -OCH3 is 1. The molecule has 0 saturated heterocycles. The molecule has 1 aliphatic rings. The van der Waals surface area contributed by atoms with Gasteiger partial charge in [-0.1, -0.05) is 13.8 Å². The molecule has 2 N–H and O–H groups in total.